The summed E-state index contributed by atoms with van der Waals surface area (Å²) in [4.78, 5) is 0. The van der Waals surface area contributed by atoms with Crippen molar-refractivity contribution >= 4 is 0 Å². The van der Waals surface area contributed by atoms with Gasteiger partial charge in [-0.15, -0.1) is 0 Å². The van der Waals surface area contributed by atoms with Gasteiger partial charge in [-0.25, -0.2) is 0 Å². The molecule has 0 aliphatic rings. The Morgan fingerprint density at radius 1 is 1.10 bits per heavy atom. The number of hydrogen-bond donors (Lipinski definition) is 1. The molecule has 0 saturated heterocycles. The molecule has 1 atom stereocenters. The second-order valence-corrected chi connectivity index (χ2v) is 4.56. The summed E-state index contributed by atoms with van der Waals surface area (Å²) in [6, 6.07) is 8.04. The van der Waals surface area contributed by atoms with E-state index in [1.54, 1.807) is 26.7 Å². The molecule has 0 bridgehead atoms. The fourth-order valence-corrected chi connectivity index (χ4v) is 2.19. The molecule has 0 saturated carbocycles. The lowest BCUT2D eigenvalue weighted by Gasteiger charge is -2.19. The molecule has 1 unspecified atom stereocenters. The first kappa shape index (κ1) is 14.5. The van der Waals surface area contributed by atoms with Crippen LogP contribution in [-0.4, -0.2) is 20.8 Å². The van der Waals surface area contributed by atoms with E-state index in [1.165, 1.54) is 0 Å². The van der Waals surface area contributed by atoms with E-state index in [0.29, 0.717) is 0 Å². The Balaban J connectivity index is 2.33. The number of ether oxygens (including phenoxy) is 2. The maximum atomic E-state index is 5.37. The molecule has 0 radical (unpaired) electrons. The van der Waals surface area contributed by atoms with Gasteiger partial charge in [-0.1, -0.05) is 13.0 Å². The summed E-state index contributed by atoms with van der Waals surface area (Å²) in [5, 5.41) is 3.52. The largest absolute Gasteiger partial charge is 0.493 e. The Morgan fingerprint density at radius 3 is 2.50 bits per heavy atom. The summed E-state index contributed by atoms with van der Waals surface area (Å²) in [5.74, 6) is 1.47. The number of nitrogens with one attached hydrogen (secondary N) is 1. The zero-order valence-electron chi connectivity index (χ0n) is 12.2. The molecule has 0 spiro atoms. The zero-order chi connectivity index (χ0) is 14.4. The number of rotatable bonds is 7. The van der Waals surface area contributed by atoms with E-state index in [9.17, 15) is 0 Å². The van der Waals surface area contributed by atoms with Crippen molar-refractivity contribution < 1.29 is 13.9 Å². The summed E-state index contributed by atoms with van der Waals surface area (Å²) in [6.45, 7) is 3.08. The maximum absolute atomic E-state index is 5.37. The summed E-state index contributed by atoms with van der Waals surface area (Å²) >= 11 is 0. The Labute approximate surface area is 119 Å². The lowest BCUT2D eigenvalue weighted by Crippen LogP contribution is -2.22. The Morgan fingerprint density at radius 2 is 1.90 bits per heavy atom. The van der Waals surface area contributed by atoms with Crippen LogP contribution >= 0.6 is 0 Å². The van der Waals surface area contributed by atoms with Crippen LogP contribution in [0.15, 0.2) is 41.2 Å². The van der Waals surface area contributed by atoms with Gasteiger partial charge in [-0.2, -0.15) is 0 Å². The molecule has 2 aromatic rings. The molecule has 0 aliphatic heterocycles. The van der Waals surface area contributed by atoms with Crippen LogP contribution in [0.5, 0.6) is 11.5 Å². The molecule has 2 rings (SSSR count). The molecule has 0 amide bonds. The molecule has 0 aliphatic carbocycles. The molecule has 1 heterocycles. The van der Waals surface area contributed by atoms with E-state index in [-0.39, 0.29) is 6.04 Å². The van der Waals surface area contributed by atoms with Gasteiger partial charge in [-0.3, -0.25) is 0 Å². The number of methoxy groups -OCH3 is 2. The topological polar surface area (TPSA) is 43.6 Å². The van der Waals surface area contributed by atoms with Gasteiger partial charge in [0.15, 0.2) is 11.5 Å². The van der Waals surface area contributed by atoms with Gasteiger partial charge in [0, 0.05) is 5.56 Å². The smallest absolute Gasteiger partial charge is 0.161 e. The predicted octanol–water partition coefficient (Wildman–Crippen LogP) is 3.39. The third-order valence-corrected chi connectivity index (χ3v) is 3.22. The summed E-state index contributed by atoms with van der Waals surface area (Å²) in [5.41, 5.74) is 2.23. The highest BCUT2D eigenvalue weighted by Gasteiger charge is 2.16. The third kappa shape index (κ3) is 3.14. The van der Waals surface area contributed by atoms with Crippen molar-refractivity contribution in [3.63, 3.8) is 0 Å². The van der Waals surface area contributed by atoms with Gasteiger partial charge in [0.05, 0.1) is 32.8 Å². The summed E-state index contributed by atoms with van der Waals surface area (Å²) in [6.07, 6.45) is 4.53. The predicted molar refractivity (Wildman–Crippen MR) is 78.4 cm³/mol. The van der Waals surface area contributed by atoms with Crippen LogP contribution in [0, 0.1) is 0 Å². The van der Waals surface area contributed by atoms with Crippen molar-refractivity contribution in [2.75, 3.05) is 20.8 Å². The number of furan rings is 1. The van der Waals surface area contributed by atoms with Crippen LogP contribution in [0.25, 0.3) is 0 Å². The lowest BCUT2D eigenvalue weighted by molar-refractivity contribution is 0.354. The maximum Gasteiger partial charge on any atom is 0.161 e. The highest BCUT2D eigenvalue weighted by Crippen LogP contribution is 2.32. The Kier molecular flexibility index (Phi) is 5.07. The summed E-state index contributed by atoms with van der Waals surface area (Å²) in [7, 11) is 3.29. The van der Waals surface area contributed by atoms with Gasteiger partial charge in [-0.05, 0) is 36.7 Å². The van der Waals surface area contributed by atoms with Crippen LogP contribution in [0.2, 0.25) is 0 Å². The minimum Gasteiger partial charge on any atom is -0.493 e. The molecule has 1 aromatic carbocycles. The van der Waals surface area contributed by atoms with Gasteiger partial charge in [0.1, 0.15) is 0 Å². The van der Waals surface area contributed by atoms with Crippen molar-refractivity contribution in [3.8, 4) is 11.5 Å². The van der Waals surface area contributed by atoms with Crippen molar-refractivity contribution in [1.82, 2.24) is 5.32 Å². The van der Waals surface area contributed by atoms with E-state index in [1.807, 2.05) is 24.3 Å². The van der Waals surface area contributed by atoms with Crippen LogP contribution in [-0.2, 0) is 0 Å². The van der Waals surface area contributed by atoms with E-state index in [0.717, 1.165) is 35.6 Å². The first-order valence-corrected chi connectivity index (χ1v) is 6.77. The fourth-order valence-electron chi connectivity index (χ4n) is 2.19. The van der Waals surface area contributed by atoms with Crippen LogP contribution in [0.4, 0.5) is 0 Å². The van der Waals surface area contributed by atoms with Crippen LogP contribution in [0.3, 0.4) is 0 Å². The average molecular weight is 275 g/mol. The lowest BCUT2D eigenvalue weighted by atomic mass is 10.0. The van der Waals surface area contributed by atoms with Gasteiger partial charge in [0.2, 0.25) is 0 Å². The Bertz CT molecular complexity index is 523. The van der Waals surface area contributed by atoms with Crippen LogP contribution < -0.4 is 14.8 Å². The van der Waals surface area contributed by atoms with E-state index >= 15 is 0 Å². The van der Waals surface area contributed by atoms with Crippen molar-refractivity contribution in [2.45, 2.75) is 19.4 Å². The monoisotopic (exact) mass is 275 g/mol. The number of hydrogen-bond acceptors (Lipinski definition) is 4. The highest BCUT2D eigenvalue weighted by molar-refractivity contribution is 5.45. The van der Waals surface area contributed by atoms with Crippen LogP contribution in [0.1, 0.15) is 30.5 Å². The quantitative estimate of drug-likeness (QED) is 0.841. The normalized spacial score (nSPS) is 12.2. The fraction of sp³-hybridized carbons (Fsp3) is 0.375. The molecule has 0 fully saturated rings. The second kappa shape index (κ2) is 7.01. The summed E-state index contributed by atoms with van der Waals surface area (Å²) < 4.78 is 15.9. The van der Waals surface area contributed by atoms with E-state index in [2.05, 4.69) is 12.2 Å². The highest BCUT2D eigenvalue weighted by atomic mass is 16.5. The molecule has 108 valence electrons. The molecular formula is C16H21NO3. The standard InChI is InChI=1S/C16H21NO3/c1-4-8-17-16(13-7-9-20-11-13)12-5-6-14(18-2)15(10-12)19-3/h5-7,9-11,16-17H,4,8H2,1-3H3. The zero-order valence-corrected chi connectivity index (χ0v) is 12.2. The third-order valence-electron chi connectivity index (χ3n) is 3.22. The van der Waals surface area contributed by atoms with E-state index in [4.69, 9.17) is 13.9 Å². The van der Waals surface area contributed by atoms with Crippen molar-refractivity contribution in [2.24, 2.45) is 0 Å². The van der Waals surface area contributed by atoms with Crippen molar-refractivity contribution in [3.05, 3.63) is 47.9 Å². The first-order chi connectivity index (χ1) is 9.80. The minimum absolute atomic E-state index is 0.0912. The van der Waals surface area contributed by atoms with Gasteiger partial charge < -0.3 is 19.2 Å². The molecule has 4 heteroatoms. The molecular weight excluding hydrogens is 254 g/mol. The molecule has 20 heavy (non-hydrogen) atoms. The van der Waals surface area contributed by atoms with Gasteiger partial charge >= 0.3 is 0 Å². The minimum atomic E-state index is 0.0912. The first-order valence-electron chi connectivity index (χ1n) is 6.77. The average Bonchev–Trinajstić information content (AvgIpc) is 3.01. The molecule has 1 N–H and O–H groups in total. The molecule has 1 aromatic heterocycles. The van der Waals surface area contributed by atoms with Gasteiger partial charge in [0.25, 0.3) is 0 Å². The second-order valence-electron chi connectivity index (χ2n) is 4.56. The SMILES string of the molecule is CCCNC(c1ccoc1)c1ccc(OC)c(OC)c1. The van der Waals surface area contributed by atoms with E-state index < -0.39 is 0 Å². The Hall–Kier alpha value is -1.94. The molecule has 4 nitrogen and oxygen atoms in total. The van der Waals surface area contributed by atoms with Crippen molar-refractivity contribution in [1.29, 1.82) is 0 Å². The number of benzene rings is 1.